The summed E-state index contributed by atoms with van der Waals surface area (Å²) >= 11 is 0. The molecule has 0 aliphatic rings. The second-order valence-corrected chi connectivity index (χ2v) is 5.21. The number of hydrazine groups is 1. The number of nitro benzene ring substituents is 1. The van der Waals surface area contributed by atoms with Crippen molar-refractivity contribution in [2.45, 2.75) is 6.92 Å². The molecule has 3 aromatic carbocycles. The summed E-state index contributed by atoms with van der Waals surface area (Å²) in [6, 6.07) is 15.8. The molecule has 0 saturated heterocycles. The number of aryl methyl sites for hydroxylation is 1. The number of phenolic OH excluding ortho intramolecular Hbond substituents is 1. The molecule has 0 atom stereocenters. The van der Waals surface area contributed by atoms with Gasteiger partial charge in [0, 0.05) is 11.5 Å². The standard InChI is InChI=1S/C17H15N3O3/c1-11-6-8-14(15(10-11)20(22)23)18-19-17-13-5-3-2-4-12(13)7-9-16(17)21/h2-10,18-19,21H,1H3. The van der Waals surface area contributed by atoms with Crippen LogP contribution in [0, 0.1) is 17.0 Å². The molecule has 3 rings (SSSR count). The Morgan fingerprint density at radius 2 is 1.83 bits per heavy atom. The number of rotatable bonds is 4. The monoisotopic (exact) mass is 309 g/mol. The largest absolute Gasteiger partial charge is 0.506 e. The van der Waals surface area contributed by atoms with Gasteiger partial charge in [-0.2, -0.15) is 0 Å². The summed E-state index contributed by atoms with van der Waals surface area (Å²) in [5.74, 6) is 0.0611. The van der Waals surface area contributed by atoms with Gasteiger partial charge in [0.15, 0.2) is 0 Å². The Labute approximate surface area is 132 Å². The lowest BCUT2D eigenvalue weighted by Gasteiger charge is -2.14. The lowest BCUT2D eigenvalue weighted by Crippen LogP contribution is -2.11. The third-order valence-electron chi connectivity index (χ3n) is 3.58. The molecule has 0 radical (unpaired) electrons. The molecule has 0 aliphatic carbocycles. The Kier molecular flexibility index (Phi) is 3.72. The molecule has 0 spiro atoms. The third-order valence-corrected chi connectivity index (χ3v) is 3.58. The van der Waals surface area contributed by atoms with Crippen molar-refractivity contribution in [3.05, 3.63) is 70.3 Å². The van der Waals surface area contributed by atoms with Gasteiger partial charge in [0.25, 0.3) is 5.69 Å². The first-order valence-electron chi connectivity index (χ1n) is 7.04. The topological polar surface area (TPSA) is 87.4 Å². The average Bonchev–Trinajstić information content (AvgIpc) is 2.54. The van der Waals surface area contributed by atoms with Crippen molar-refractivity contribution in [3.63, 3.8) is 0 Å². The zero-order chi connectivity index (χ0) is 16.4. The first-order chi connectivity index (χ1) is 11.1. The normalized spacial score (nSPS) is 10.5. The van der Waals surface area contributed by atoms with Crippen LogP contribution in [0.4, 0.5) is 17.1 Å². The number of nitrogens with zero attached hydrogens (tertiary/aromatic N) is 1. The number of hydrogen-bond acceptors (Lipinski definition) is 5. The fraction of sp³-hybridized carbons (Fsp3) is 0.0588. The Morgan fingerprint density at radius 3 is 2.61 bits per heavy atom. The van der Waals surface area contributed by atoms with Crippen LogP contribution < -0.4 is 10.9 Å². The highest BCUT2D eigenvalue weighted by Crippen LogP contribution is 2.33. The van der Waals surface area contributed by atoms with Gasteiger partial charge in [-0.15, -0.1) is 0 Å². The lowest BCUT2D eigenvalue weighted by molar-refractivity contribution is -0.384. The molecule has 6 heteroatoms. The predicted octanol–water partition coefficient (Wildman–Crippen LogP) is 4.20. The van der Waals surface area contributed by atoms with Crippen molar-refractivity contribution >= 4 is 27.8 Å². The molecule has 0 fully saturated rings. The second kappa shape index (κ2) is 5.84. The molecule has 6 nitrogen and oxygen atoms in total. The number of nitro groups is 1. The molecule has 0 unspecified atom stereocenters. The van der Waals surface area contributed by atoms with E-state index in [2.05, 4.69) is 10.9 Å². The van der Waals surface area contributed by atoms with E-state index in [9.17, 15) is 15.2 Å². The van der Waals surface area contributed by atoms with Crippen molar-refractivity contribution in [2.24, 2.45) is 0 Å². The van der Waals surface area contributed by atoms with Gasteiger partial charge in [-0.1, -0.05) is 36.4 Å². The van der Waals surface area contributed by atoms with E-state index in [0.717, 1.165) is 16.3 Å². The zero-order valence-electron chi connectivity index (χ0n) is 12.4. The van der Waals surface area contributed by atoms with Crippen LogP contribution >= 0.6 is 0 Å². The summed E-state index contributed by atoms with van der Waals surface area (Å²) in [7, 11) is 0. The van der Waals surface area contributed by atoms with E-state index in [1.165, 1.54) is 6.07 Å². The Hall–Kier alpha value is -3.28. The quantitative estimate of drug-likeness (QED) is 0.382. The maximum absolute atomic E-state index is 11.2. The molecular weight excluding hydrogens is 294 g/mol. The maximum atomic E-state index is 11.2. The molecule has 0 bridgehead atoms. The molecule has 0 saturated carbocycles. The molecule has 0 amide bonds. The average molecular weight is 309 g/mol. The van der Waals surface area contributed by atoms with Crippen LogP contribution in [-0.4, -0.2) is 10.0 Å². The SMILES string of the molecule is Cc1ccc(NNc2c(O)ccc3ccccc23)c([N+](=O)[O-])c1. The van der Waals surface area contributed by atoms with Gasteiger partial charge in [-0.25, -0.2) is 0 Å². The van der Waals surface area contributed by atoms with Crippen molar-refractivity contribution in [2.75, 3.05) is 10.9 Å². The van der Waals surface area contributed by atoms with Crippen LogP contribution in [0.15, 0.2) is 54.6 Å². The predicted molar refractivity (Wildman–Crippen MR) is 90.7 cm³/mol. The molecule has 3 aromatic rings. The van der Waals surface area contributed by atoms with E-state index in [1.54, 1.807) is 25.1 Å². The zero-order valence-corrected chi connectivity index (χ0v) is 12.4. The highest BCUT2D eigenvalue weighted by molar-refractivity contribution is 5.97. The maximum Gasteiger partial charge on any atom is 0.294 e. The van der Waals surface area contributed by atoms with Gasteiger partial charge in [-0.05, 0) is 30.0 Å². The van der Waals surface area contributed by atoms with E-state index in [1.807, 2.05) is 30.3 Å². The molecule has 0 aliphatic heterocycles. The number of benzene rings is 3. The Balaban J connectivity index is 1.96. The summed E-state index contributed by atoms with van der Waals surface area (Å²) in [5.41, 5.74) is 7.27. The number of anilines is 2. The summed E-state index contributed by atoms with van der Waals surface area (Å²) in [4.78, 5) is 10.7. The Bertz CT molecular complexity index is 893. The number of aromatic hydroxyl groups is 1. The molecular formula is C17H15N3O3. The molecule has 116 valence electrons. The molecule has 0 aromatic heterocycles. The van der Waals surface area contributed by atoms with Gasteiger partial charge >= 0.3 is 0 Å². The minimum Gasteiger partial charge on any atom is -0.506 e. The number of phenols is 1. The van der Waals surface area contributed by atoms with E-state index < -0.39 is 4.92 Å². The van der Waals surface area contributed by atoms with E-state index in [0.29, 0.717) is 11.4 Å². The second-order valence-electron chi connectivity index (χ2n) is 5.21. The fourth-order valence-corrected chi connectivity index (χ4v) is 2.42. The van der Waals surface area contributed by atoms with Gasteiger partial charge in [0.1, 0.15) is 17.1 Å². The molecule has 0 heterocycles. The van der Waals surface area contributed by atoms with E-state index in [-0.39, 0.29) is 11.4 Å². The number of hydrogen-bond donors (Lipinski definition) is 3. The van der Waals surface area contributed by atoms with Gasteiger partial charge < -0.3 is 5.11 Å². The van der Waals surface area contributed by atoms with Gasteiger partial charge in [0.2, 0.25) is 0 Å². The molecule has 23 heavy (non-hydrogen) atoms. The smallest absolute Gasteiger partial charge is 0.294 e. The number of nitrogens with one attached hydrogen (secondary N) is 2. The van der Waals surface area contributed by atoms with E-state index in [4.69, 9.17) is 0 Å². The van der Waals surface area contributed by atoms with Crippen LogP contribution in [0.1, 0.15) is 5.56 Å². The highest BCUT2D eigenvalue weighted by atomic mass is 16.6. The van der Waals surface area contributed by atoms with Crippen LogP contribution in [-0.2, 0) is 0 Å². The van der Waals surface area contributed by atoms with E-state index >= 15 is 0 Å². The summed E-state index contributed by atoms with van der Waals surface area (Å²) in [6.45, 7) is 1.79. The first kappa shape index (κ1) is 14.6. The highest BCUT2D eigenvalue weighted by Gasteiger charge is 2.14. The van der Waals surface area contributed by atoms with Crippen molar-refractivity contribution in [1.29, 1.82) is 0 Å². The summed E-state index contributed by atoms with van der Waals surface area (Å²) in [5, 5.41) is 23.0. The fourth-order valence-electron chi connectivity index (χ4n) is 2.42. The van der Waals surface area contributed by atoms with Gasteiger partial charge in [-0.3, -0.25) is 21.0 Å². The van der Waals surface area contributed by atoms with Gasteiger partial charge in [0.05, 0.1) is 4.92 Å². The van der Waals surface area contributed by atoms with Crippen LogP contribution in [0.3, 0.4) is 0 Å². The van der Waals surface area contributed by atoms with Crippen molar-refractivity contribution < 1.29 is 10.0 Å². The molecule has 3 N–H and O–H groups in total. The third kappa shape index (κ3) is 2.87. The van der Waals surface area contributed by atoms with Crippen molar-refractivity contribution in [3.8, 4) is 5.75 Å². The minimum absolute atomic E-state index is 0.0303. The summed E-state index contributed by atoms with van der Waals surface area (Å²) < 4.78 is 0. The van der Waals surface area contributed by atoms with Crippen LogP contribution in [0.5, 0.6) is 5.75 Å². The van der Waals surface area contributed by atoms with Crippen LogP contribution in [0.2, 0.25) is 0 Å². The van der Waals surface area contributed by atoms with Crippen LogP contribution in [0.25, 0.3) is 10.8 Å². The summed E-state index contributed by atoms with van der Waals surface area (Å²) in [6.07, 6.45) is 0. The number of fused-ring (bicyclic) bond motifs is 1. The minimum atomic E-state index is -0.444. The van der Waals surface area contributed by atoms with Crippen molar-refractivity contribution in [1.82, 2.24) is 0 Å². The Morgan fingerprint density at radius 1 is 1.04 bits per heavy atom. The first-order valence-corrected chi connectivity index (χ1v) is 7.04. The lowest BCUT2D eigenvalue weighted by atomic mass is 10.1.